The Hall–Kier alpha value is -2.24. The number of anilines is 1. The van der Waals surface area contributed by atoms with Gasteiger partial charge in [-0.3, -0.25) is 9.59 Å². The van der Waals surface area contributed by atoms with Crippen molar-refractivity contribution >= 4 is 17.5 Å². The predicted molar refractivity (Wildman–Crippen MR) is 68.2 cm³/mol. The summed E-state index contributed by atoms with van der Waals surface area (Å²) in [6, 6.07) is 4.69. The molecule has 1 aromatic carbocycles. The highest BCUT2D eigenvalue weighted by molar-refractivity contribution is 5.96. The molecule has 0 radical (unpaired) electrons. The Labute approximate surface area is 105 Å². The standard InChI is InChI=1S/C12H17N3O3/c1-15-11(16)3-2-6-18-10-5-4-8(13)7-9(10)12(14)17/h4-5,7H,2-3,6,13H2,1H3,(H2,14,17)(H,15,16). The molecule has 0 saturated carbocycles. The number of nitrogens with one attached hydrogen (secondary N) is 1. The summed E-state index contributed by atoms with van der Waals surface area (Å²) in [7, 11) is 1.58. The molecule has 18 heavy (non-hydrogen) atoms. The number of carbonyl (C=O) groups excluding carboxylic acids is 2. The summed E-state index contributed by atoms with van der Waals surface area (Å²) in [4.78, 5) is 22.2. The molecule has 0 heterocycles. The monoisotopic (exact) mass is 251 g/mol. The van der Waals surface area contributed by atoms with Gasteiger partial charge in [0, 0.05) is 19.2 Å². The zero-order valence-electron chi connectivity index (χ0n) is 10.2. The highest BCUT2D eigenvalue weighted by Crippen LogP contribution is 2.21. The number of nitrogen functional groups attached to an aromatic ring is 1. The number of benzene rings is 1. The van der Waals surface area contributed by atoms with Gasteiger partial charge in [-0.25, -0.2) is 0 Å². The zero-order chi connectivity index (χ0) is 13.5. The Bertz CT molecular complexity index is 446. The van der Waals surface area contributed by atoms with E-state index in [-0.39, 0.29) is 11.5 Å². The van der Waals surface area contributed by atoms with Crippen molar-refractivity contribution < 1.29 is 14.3 Å². The van der Waals surface area contributed by atoms with Crippen molar-refractivity contribution in [1.29, 1.82) is 0 Å². The van der Waals surface area contributed by atoms with Crippen LogP contribution in [0.1, 0.15) is 23.2 Å². The molecule has 0 atom stereocenters. The van der Waals surface area contributed by atoms with E-state index >= 15 is 0 Å². The van der Waals surface area contributed by atoms with Gasteiger partial charge in [0.1, 0.15) is 5.75 Å². The molecule has 6 nitrogen and oxygen atoms in total. The van der Waals surface area contributed by atoms with Crippen LogP contribution in [0, 0.1) is 0 Å². The van der Waals surface area contributed by atoms with Gasteiger partial charge in [0.15, 0.2) is 0 Å². The number of rotatable bonds is 6. The zero-order valence-corrected chi connectivity index (χ0v) is 10.2. The van der Waals surface area contributed by atoms with Crippen molar-refractivity contribution in [2.75, 3.05) is 19.4 Å². The number of hydrogen-bond acceptors (Lipinski definition) is 4. The summed E-state index contributed by atoms with van der Waals surface area (Å²) >= 11 is 0. The van der Waals surface area contributed by atoms with Crippen LogP contribution in [-0.4, -0.2) is 25.5 Å². The summed E-state index contributed by atoms with van der Waals surface area (Å²) < 4.78 is 5.41. The number of amides is 2. The molecule has 0 aliphatic rings. The highest BCUT2D eigenvalue weighted by atomic mass is 16.5. The van der Waals surface area contributed by atoms with Crippen molar-refractivity contribution in [3.05, 3.63) is 23.8 Å². The minimum atomic E-state index is -0.594. The molecular weight excluding hydrogens is 234 g/mol. The van der Waals surface area contributed by atoms with E-state index in [0.717, 1.165) is 0 Å². The van der Waals surface area contributed by atoms with Crippen LogP contribution in [-0.2, 0) is 4.79 Å². The number of hydrogen-bond donors (Lipinski definition) is 3. The Morgan fingerprint density at radius 3 is 2.72 bits per heavy atom. The first-order valence-corrected chi connectivity index (χ1v) is 5.57. The largest absolute Gasteiger partial charge is 0.493 e. The second kappa shape index (κ2) is 6.48. The number of carbonyl (C=O) groups is 2. The van der Waals surface area contributed by atoms with Crippen LogP contribution >= 0.6 is 0 Å². The average molecular weight is 251 g/mol. The lowest BCUT2D eigenvalue weighted by molar-refractivity contribution is -0.120. The first kappa shape index (κ1) is 13.8. The van der Waals surface area contributed by atoms with Gasteiger partial charge in [0.25, 0.3) is 5.91 Å². The normalized spacial score (nSPS) is 9.83. The van der Waals surface area contributed by atoms with Gasteiger partial charge < -0.3 is 21.5 Å². The maximum atomic E-state index is 11.2. The van der Waals surface area contributed by atoms with Crippen LogP contribution < -0.4 is 21.5 Å². The van der Waals surface area contributed by atoms with E-state index in [1.807, 2.05) is 0 Å². The Morgan fingerprint density at radius 1 is 1.39 bits per heavy atom. The van der Waals surface area contributed by atoms with Gasteiger partial charge in [0.2, 0.25) is 5.91 Å². The molecule has 2 amide bonds. The average Bonchev–Trinajstić information content (AvgIpc) is 2.35. The van der Waals surface area contributed by atoms with Gasteiger partial charge in [0.05, 0.1) is 12.2 Å². The second-order valence-corrected chi connectivity index (χ2v) is 3.75. The molecule has 0 saturated heterocycles. The third-order valence-electron chi connectivity index (χ3n) is 2.35. The van der Waals surface area contributed by atoms with E-state index < -0.39 is 5.91 Å². The van der Waals surface area contributed by atoms with Crippen LogP contribution in [0.25, 0.3) is 0 Å². The summed E-state index contributed by atoms with van der Waals surface area (Å²) in [5.41, 5.74) is 11.5. The van der Waals surface area contributed by atoms with Crippen molar-refractivity contribution in [2.24, 2.45) is 5.73 Å². The second-order valence-electron chi connectivity index (χ2n) is 3.75. The lowest BCUT2D eigenvalue weighted by atomic mass is 10.1. The smallest absolute Gasteiger partial charge is 0.252 e. The van der Waals surface area contributed by atoms with Crippen LogP contribution in [0.3, 0.4) is 0 Å². The molecule has 6 heteroatoms. The van der Waals surface area contributed by atoms with E-state index in [1.54, 1.807) is 19.2 Å². The molecule has 0 aromatic heterocycles. The summed E-state index contributed by atoms with van der Waals surface area (Å²) in [5.74, 6) is -0.261. The third kappa shape index (κ3) is 3.97. The Balaban J connectivity index is 2.56. The van der Waals surface area contributed by atoms with E-state index in [1.165, 1.54) is 6.07 Å². The van der Waals surface area contributed by atoms with Gasteiger partial charge in [-0.05, 0) is 24.6 Å². The molecular formula is C12H17N3O3. The van der Waals surface area contributed by atoms with Crippen molar-refractivity contribution in [3.8, 4) is 5.75 Å². The first-order valence-electron chi connectivity index (χ1n) is 5.57. The molecule has 0 bridgehead atoms. The van der Waals surface area contributed by atoms with Crippen molar-refractivity contribution in [2.45, 2.75) is 12.8 Å². The fourth-order valence-electron chi connectivity index (χ4n) is 1.41. The van der Waals surface area contributed by atoms with Crippen LogP contribution in [0.5, 0.6) is 5.75 Å². The minimum Gasteiger partial charge on any atom is -0.493 e. The van der Waals surface area contributed by atoms with E-state index in [9.17, 15) is 9.59 Å². The van der Waals surface area contributed by atoms with Crippen LogP contribution in [0.2, 0.25) is 0 Å². The van der Waals surface area contributed by atoms with Gasteiger partial charge in [-0.15, -0.1) is 0 Å². The summed E-state index contributed by atoms with van der Waals surface area (Å²) in [5, 5.41) is 2.52. The van der Waals surface area contributed by atoms with Gasteiger partial charge in [-0.1, -0.05) is 0 Å². The molecule has 0 aliphatic heterocycles. The molecule has 98 valence electrons. The maximum absolute atomic E-state index is 11.2. The number of nitrogens with two attached hydrogens (primary N) is 2. The van der Waals surface area contributed by atoms with Crippen molar-refractivity contribution in [3.63, 3.8) is 0 Å². The summed E-state index contributed by atoms with van der Waals surface area (Å²) in [6.07, 6.45) is 0.930. The topological polar surface area (TPSA) is 107 Å². The SMILES string of the molecule is CNC(=O)CCCOc1ccc(N)cc1C(N)=O. The molecule has 0 fully saturated rings. The highest BCUT2D eigenvalue weighted by Gasteiger charge is 2.09. The lowest BCUT2D eigenvalue weighted by Crippen LogP contribution is -2.18. The quantitative estimate of drug-likeness (QED) is 0.498. The molecule has 1 rings (SSSR count). The molecule has 1 aromatic rings. The third-order valence-corrected chi connectivity index (χ3v) is 2.35. The Kier molecular flexibility index (Phi) is 4.98. The lowest BCUT2D eigenvalue weighted by Gasteiger charge is -2.09. The fourth-order valence-corrected chi connectivity index (χ4v) is 1.41. The minimum absolute atomic E-state index is 0.0500. The van der Waals surface area contributed by atoms with Crippen LogP contribution in [0.4, 0.5) is 5.69 Å². The fraction of sp³-hybridized carbons (Fsp3) is 0.333. The molecule has 0 spiro atoms. The van der Waals surface area contributed by atoms with Gasteiger partial charge in [-0.2, -0.15) is 0 Å². The number of primary amides is 1. The summed E-state index contributed by atoms with van der Waals surface area (Å²) in [6.45, 7) is 0.331. The van der Waals surface area contributed by atoms with Crippen molar-refractivity contribution in [1.82, 2.24) is 5.32 Å². The van der Waals surface area contributed by atoms with E-state index in [2.05, 4.69) is 5.32 Å². The molecule has 0 unspecified atom stereocenters. The van der Waals surface area contributed by atoms with E-state index in [0.29, 0.717) is 30.9 Å². The Morgan fingerprint density at radius 2 is 2.11 bits per heavy atom. The van der Waals surface area contributed by atoms with Gasteiger partial charge >= 0.3 is 0 Å². The maximum Gasteiger partial charge on any atom is 0.252 e. The number of ether oxygens (including phenoxy) is 1. The molecule has 5 N–H and O–H groups in total. The first-order chi connectivity index (χ1) is 8.54. The predicted octanol–water partition coefficient (Wildman–Crippen LogP) is 0.273. The van der Waals surface area contributed by atoms with Crippen LogP contribution in [0.15, 0.2) is 18.2 Å². The van der Waals surface area contributed by atoms with E-state index in [4.69, 9.17) is 16.2 Å². The molecule has 0 aliphatic carbocycles.